The predicted molar refractivity (Wildman–Crippen MR) is 124 cm³/mol. The standard InChI is InChI=1S/C21H18F2N4O3S2.ClH/c1-10-4-5-31-16-9-26-8-13(18(28)19(29)17(26)21(30)27(10)16)20-25-24-15(32-20)6-11-2-3-12(22)7-14(11)23;/h2-3,7-8,10,16,29H,4-6,9H2,1H3;1H/t10-,16+;/m1./s1. The average Bonchev–Trinajstić information content (AvgIpc) is 3.21. The van der Waals surface area contributed by atoms with Crippen molar-refractivity contribution in [3.05, 3.63) is 62.5 Å². The van der Waals surface area contributed by atoms with Gasteiger partial charge in [0.05, 0.1) is 17.5 Å². The van der Waals surface area contributed by atoms with Gasteiger partial charge in [0.1, 0.15) is 16.6 Å². The van der Waals surface area contributed by atoms with Crippen LogP contribution in [0.1, 0.15) is 34.4 Å². The third-order valence-electron chi connectivity index (χ3n) is 5.73. The fourth-order valence-electron chi connectivity index (χ4n) is 4.07. The van der Waals surface area contributed by atoms with E-state index < -0.39 is 22.8 Å². The third-order valence-corrected chi connectivity index (χ3v) is 7.92. The fraction of sp³-hybridized carbons (Fsp3) is 0.333. The number of rotatable bonds is 3. The number of fused-ring (bicyclic) bond motifs is 2. The first-order valence-corrected chi connectivity index (χ1v) is 11.9. The minimum absolute atomic E-state index is 0. The Bertz CT molecular complexity index is 1300. The Kier molecular flexibility index (Phi) is 6.47. The van der Waals surface area contributed by atoms with Crippen LogP contribution in [0.5, 0.6) is 5.75 Å². The summed E-state index contributed by atoms with van der Waals surface area (Å²) in [7, 11) is 0. The van der Waals surface area contributed by atoms with Crippen molar-refractivity contribution in [1.29, 1.82) is 0 Å². The molecule has 2 aliphatic heterocycles. The molecule has 2 aromatic heterocycles. The Labute approximate surface area is 201 Å². The number of aromatic nitrogens is 3. The number of pyridine rings is 1. The highest BCUT2D eigenvalue weighted by Crippen LogP contribution is 2.36. The van der Waals surface area contributed by atoms with E-state index in [2.05, 4.69) is 10.2 Å². The van der Waals surface area contributed by atoms with Gasteiger partial charge in [0.2, 0.25) is 5.43 Å². The van der Waals surface area contributed by atoms with E-state index in [-0.39, 0.29) is 58.0 Å². The molecule has 33 heavy (non-hydrogen) atoms. The summed E-state index contributed by atoms with van der Waals surface area (Å²) in [5, 5.41) is 19.3. The molecule has 5 rings (SSSR count). The van der Waals surface area contributed by atoms with E-state index in [0.717, 1.165) is 29.6 Å². The van der Waals surface area contributed by atoms with Gasteiger partial charge < -0.3 is 14.6 Å². The van der Waals surface area contributed by atoms with Gasteiger partial charge in [-0.25, -0.2) is 8.78 Å². The van der Waals surface area contributed by atoms with Crippen molar-refractivity contribution in [2.45, 2.75) is 37.7 Å². The van der Waals surface area contributed by atoms with Gasteiger partial charge in [0.25, 0.3) is 5.91 Å². The van der Waals surface area contributed by atoms with Gasteiger partial charge in [-0.2, -0.15) is 0 Å². The number of benzene rings is 1. The molecule has 0 bridgehead atoms. The molecule has 0 unspecified atom stereocenters. The van der Waals surface area contributed by atoms with Crippen molar-refractivity contribution in [3.63, 3.8) is 0 Å². The van der Waals surface area contributed by atoms with E-state index in [1.807, 2.05) is 6.92 Å². The number of amides is 1. The van der Waals surface area contributed by atoms with Crippen molar-refractivity contribution in [2.75, 3.05) is 5.75 Å². The van der Waals surface area contributed by atoms with Crippen LogP contribution in [0.3, 0.4) is 0 Å². The second-order valence-electron chi connectivity index (χ2n) is 7.81. The summed E-state index contributed by atoms with van der Waals surface area (Å²) in [6, 6.07) is 3.34. The lowest BCUT2D eigenvalue weighted by Gasteiger charge is -2.44. The first-order chi connectivity index (χ1) is 15.3. The van der Waals surface area contributed by atoms with Crippen molar-refractivity contribution in [3.8, 4) is 16.3 Å². The predicted octanol–water partition coefficient (Wildman–Crippen LogP) is 3.67. The van der Waals surface area contributed by atoms with Gasteiger partial charge in [-0.3, -0.25) is 9.59 Å². The highest BCUT2D eigenvalue weighted by atomic mass is 35.5. The summed E-state index contributed by atoms with van der Waals surface area (Å²) in [6.45, 7) is 2.42. The zero-order valence-corrected chi connectivity index (χ0v) is 19.8. The van der Waals surface area contributed by atoms with Crippen LogP contribution in [0, 0.1) is 11.6 Å². The van der Waals surface area contributed by atoms with Crippen LogP contribution in [-0.2, 0) is 13.0 Å². The molecule has 1 saturated heterocycles. The van der Waals surface area contributed by atoms with Gasteiger partial charge in [0.15, 0.2) is 16.5 Å². The number of hydrogen-bond donors (Lipinski definition) is 1. The van der Waals surface area contributed by atoms with Crippen LogP contribution in [0.4, 0.5) is 8.78 Å². The van der Waals surface area contributed by atoms with Crippen molar-refractivity contribution < 1.29 is 18.7 Å². The maximum Gasteiger partial charge on any atom is 0.275 e. The van der Waals surface area contributed by atoms with Gasteiger partial charge in [-0.05, 0) is 30.7 Å². The van der Waals surface area contributed by atoms with Gasteiger partial charge in [-0.15, -0.1) is 34.4 Å². The first kappa shape index (κ1) is 23.7. The van der Waals surface area contributed by atoms with E-state index in [4.69, 9.17) is 0 Å². The molecule has 2 atom stereocenters. The van der Waals surface area contributed by atoms with E-state index in [9.17, 15) is 23.5 Å². The number of hydrogen-bond acceptors (Lipinski definition) is 7. The molecular weight excluding hydrogens is 494 g/mol. The third kappa shape index (κ3) is 4.13. The number of aromatic hydroxyl groups is 1. The molecule has 1 amide bonds. The molecule has 7 nitrogen and oxygen atoms in total. The monoisotopic (exact) mass is 512 g/mol. The SMILES string of the molecule is C[C@@H]1CCS[C@H]2Cn3cc(-c4nnc(Cc5ccc(F)cc5F)s4)c(=O)c(O)c3C(=O)N12.Cl. The number of carbonyl (C=O) groups is 1. The largest absolute Gasteiger partial charge is 0.503 e. The maximum atomic E-state index is 14.0. The van der Waals surface area contributed by atoms with Crippen LogP contribution in [-0.4, -0.2) is 47.8 Å². The minimum Gasteiger partial charge on any atom is -0.503 e. The van der Waals surface area contributed by atoms with Gasteiger partial charge in [0, 0.05) is 24.7 Å². The van der Waals surface area contributed by atoms with Crippen LogP contribution in [0.15, 0.2) is 29.2 Å². The van der Waals surface area contributed by atoms with Crippen molar-refractivity contribution >= 4 is 41.4 Å². The second-order valence-corrected chi connectivity index (χ2v) is 10.2. The van der Waals surface area contributed by atoms with Crippen molar-refractivity contribution in [1.82, 2.24) is 19.7 Å². The molecule has 0 aliphatic carbocycles. The molecule has 174 valence electrons. The number of halogens is 3. The Morgan fingerprint density at radius 3 is 2.79 bits per heavy atom. The normalized spacial score (nSPS) is 19.6. The molecule has 4 heterocycles. The van der Waals surface area contributed by atoms with Crippen LogP contribution < -0.4 is 5.43 Å². The van der Waals surface area contributed by atoms with E-state index in [0.29, 0.717) is 11.6 Å². The molecule has 1 fully saturated rings. The molecular formula is C21H19ClF2N4O3S2. The summed E-state index contributed by atoms with van der Waals surface area (Å²) in [5.74, 6) is -1.37. The molecule has 0 radical (unpaired) electrons. The van der Waals surface area contributed by atoms with Crippen LogP contribution in [0.2, 0.25) is 0 Å². The zero-order chi connectivity index (χ0) is 22.6. The maximum absolute atomic E-state index is 14.0. The highest BCUT2D eigenvalue weighted by molar-refractivity contribution is 7.99. The number of carbonyl (C=O) groups excluding carboxylic acids is 1. The summed E-state index contributed by atoms with van der Waals surface area (Å²) in [6.07, 6.45) is 2.49. The molecule has 12 heteroatoms. The van der Waals surface area contributed by atoms with Gasteiger partial charge >= 0.3 is 0 Å². The summed E-state index contributed by atoms with van der Waals surface area (Å²) in [4.78, 5) is 27.7. The minimum atomic E-state index is -0.698. The van der Waals surface area contributed by atoms with Crippen LogP contribution >= 0.6 is 35.5 Å². The summed E-state index contributed by atoms with van der Waals surface area (Å²) in [5.41, 5.74) is -0.323. The lowest BCUT2D eigenvalue weighted by molar-refractivity contribution is 0.0575. The molecule has 1 aromatic carbocycles. The van der Waals surface area contributed by atoms with E-state index >= 15 is 0 Å². The summed E-state index contributed by atoms with van der Waals surface area (Å²) >= 11 is 2.76. The topological polar surface area (TPSA) is 88.3 Å². The molecule has 1 N–H and O–H groups in total. The highest BCUT2D eigenvalue weighted by Gasteiger charge is 2.40. The lowest BCUT2D eigenvalue weighted by atomic mass is 10.1. The molecule has 2 aliphatic rings. The second kappa shape index (κ2) is 9.03. The van der Waals surface area contributed by atoms with Crippen molar-refractivity contribution in [2.24, 2.45) is 0 Å². The van der Waals surface area contributed by atoms with E-state index in [1.165, 1.54) is 18.3 Å². The number of thioether (sulfide) groups is 1. The Morgan fingerprint density at radius 1 is 1.24 bits per heavy atom. The Balaban J connectivity index is 0.00000259. The van der Waals surface area contributed by atoms with Gasteiger partial charge in [-0.1, -0.05) is 17.4 Å². The number of nitrogens with zero attached hydrogens (tertiary/aromatic N) is 4. The zero-order valence-electron chi connectivity index (χ0n) is 17.3. The first-order valence-electron chi connectivity index (χ1n) is 10.0. The Morgan fingerprint density at radius 2 is 2.03 bits per heavy atom. The Hall–Kier alpha value is -2.50. The fourth-order valence-corrected chi connectivity index (χ4v) is 6.42. The smallest absolute Gasteiger partial charge is 0.275 e. The molecule has 0 saturated carbocycles. The average molecular weight is 513 g/mol. The molecule has 3 aromatic rings. The van der Waals surface area contributed by atoms with Crippen LogP contribution in [0.25, 0.3) is 10.6 Å². The lowest BCUT2D eigenvalue weighted by Crippen LogP contribution is -2.53. The van der Waals surface area contributed by atoms with E-state index in [1.54, 1.807) is 21.2 Å². The molecule has 0 spiro atoms. The quantitative estimate of drug-likeness (QED) is 0.576. The summed E-state index contributed by atoms with van der Waals surface area (Å²) < 4.78 is 28.7.